The van der Waals surface area contributed by atoms with Gasteiger partial charge in [-0.2, -0.15) is 0 Å². The van der Waals surface area contributed by atoms with Gasteiger partial charge in [-0.1, -0.05) is 18.2 Å². The van der Waals surface area contributed by atoms with Gasteiger partial charge in [0.1, 0.15) is 5.75 Å². The van der Waals surface area contributed by atoms with Gasteiger partial charge >= 0.3 is 0 Å². The van der Waals surface area contributed by atoms with Gasteiger partial charge in [-0.3, -0.25) is 4.98 Å². The second-order valence-electron chi connectivity index (χ2n) is 4.86. The van der Waals surface area contributed by atoms with Crippen LogP contribution in [0.4, 0.5) is 0 Å². The van der Waals surface area contributed by atoms with E-state index in [1.54, 1.807) is 0 Å². The Hall–Kier alpha value is -1.87. The molecule has 2 aromatic rings. The number of hydrogen-bond donors (Lipinski definition) is 1. The van der Waals surface area contributed by atoms with E-state index >= 15 is 0 Å². The minimum atomic E-state index is 0.548. The standard InChI is InChI=1S/C16H18N2O/c1-2-4-16-15(3-1)14(7-10-19-16)12-18-11-13-5-8-17-9-6-13/h1-6,8-9,14,18H,7,10-12H2. The SMILES string of the molecule is c1ccc2c(c1)OCCC2CNCc1ccncc1. The van der Waals surface area contributed by atoms with Gasteiger partial charge in [-0.05, 0) is 35.7 Å². The normalized spacial score (nSPS) is 17.6. The highest BCUT2D eigenvalue weighted by Crippen LogP contribution is 2.32. The van der Waals surface area contributed by atoms with Gasteiger partial charge < -0.3 is 10.1 Å². The van der Waals surface area contributed by atoms with Gasteiger partial charge in [0.05, 0.1) is 6.61 Å². The molecular weight excluding hydrogens is 236 g/mol. The third-order valence-corrected chi connectivity index (χ3v) is 3.55. The molecular formula is C16H18N2O. The van der Waals surface area contributed by atoms with Gasteiger partial charge in [0.25, 0.3) is 0 Å². The highest BCUT2D eigenvalue weighted by molar-refractivity contribution is 5.37. The zero-order chi connectivity index (χ0) is 12.9. The molecule has 2 heterocycles. The molecule has 0 spiro atoms. The zero-order valence-electron chi connectivity index (χ0n) is 10.9. The van der Waals surface area contributed by atoms with Crippen LogP contribution in [-0.4, -0.2) is 18.1 Å². The third kappa shape index (κ3) is 2.93. The average Bonchev–Trinajstić information content (AvgIpc) is 2.49. The Balaban J connectivity index is 1.59. The summed E-state index contributed by atoms with van der Waals surface area (Å²) in [5.41, 5.74) is 2.60. The Morgan fingerprint density at radius 3 is 2.89 bits per heavy atom. The topological polar surface area (TPSA) is 34.1 Å². The maximum Gasteiger partial charge on any atom is 0.122 e. The zero-order valence-corrected chi connectivity index (χ0v) is 10.9. The van der Waals surface area contributed by atoms with Crippen molar-refractivity contribution in [2.45, 2.75) is 18.9 Å². The summed E-state index contributed by atoms with van der Waals surface area (Å²) in [6, 6.07) is 12.4. The number of benzene rings is 1. The largest absolute Gasteiger partial charge is 0.493 e. The fourth-order valence-corrected chi connectivity index (χ4v) is 2.52. The number of rotatable bonds is 4. The number of para-hydroxylation sites is 1. The van der Waals surface area contributed by atoms with Gasteiger partial charge in [0.15, 0.2) is 0 Å². The van der Waals surface area contributed by atoms with Gasteiger partial charge in [-0.15, -0.1) is 0 Å². The van der Waals surface area contributed by atoms with Gasteiger partial charge in [0.2, 0.25) is 0 Å². The molecule has 1 aromatic carbocycles. The third-order valence-electron chi connectivity index (χ3n) is 3.55. The molecule has 0 saturated carbocycles. The predicted molar refractivity (Wildman–Crippen MR) is 75.2 cm³/mol. The lowest BCUT2D eigenvalue weighted by atomic mass is 9.93. The number of fused-ring (bicyclic) bond motifs is 1. The minimum Gasteiger partial charge on any atom is -0.493 e. The van der Waals surface area contributed by atoms with Crippen molar-refractivity contribution in [1.29, 1.82) is 0 Å². The van der Waals surface area contributed by atoms with Crippen molar-refractivity contribution in [3.05, 3.63) is 59.9 Å². The lowest BCUT2D eigenvalue weighted by Gasteiger charge is -2.26. The lowest BCUT2D eigenvalue weighted by molar-refractivity contribution is 0.264. The number of ether oxygens (including phenoxy) is 1. The van der Waals surface area contributed by atoms with Crippen LogP contribution in [0, 0.1) is 0 Å². The summed E-state index contributed by atoms with van der Waals surface area (Å²) in [7, 11) is 0. The first kappa shape index (κ1) is 12.2. The second kappa shape index (κ2) is 5.85. The van der Waals surface area contributed by atoms with E-state index < -0.39 is 0 Å². The van der Waals surface area contributed by atoms with E-state index in [2.05, 4.69) is 28.5 Å². The van der Waals surface area contributed by atoms with E-state index in [0.717, 1.165) is 31.9 Å². The molecule has 1 unspecified atom stereocenters. The van der Waals surface area contributed by atoms with Gasteiger partial charge in [0, 0.05) is 31.4 Å². The summed E-state index contributed by atoms with van der Waals surface area (Å²) in [4.78, 5) is 4.03. The Labute approximate surface area is 113 Å². The first-order valence-electron chi connectivity index (χ1n) is 6.75. The van der Waals surface area contributed by atoms with Crippen LogP contribution in [0.5, 0.6) is 5.75 Å². The smallest absolute Gasteiger partial charge is 0.122 e. The monoisotopic (exact) mass is 254 g/mol. The van der Waals surface area contributed by atoms with E-state index in [1.807, 2.05) is 30.6 Å². The van der Waals surface area contributed by atoms with Crippen LogP contribution in [0.3, 0.4) is 0 Å². The average molecular weight is 254 g/mol. The van der Waals surface area contributed by atoms with E-state index in [9.17, 15) is 0 Å². The van der Waals surface area contributed by atoms with E-state index in [4.69, 9.17) is 4.74 Å². The van der Waals surface area contributed by atoms with Crippen LogP contribution < -0.4 is 10.1 Å². The fraction of sp³-hybridized carbons (Fsp3) is 0.312. The van der Waals surface area contributed by atoms with Crippen LogP contribution in [-0.2, 0) is 6.54 Å². The molecule has 1 aromatic heterocycles. The summed E-state index contributed by atoms with van der Waals surface area (Å²) in [6.45, 7) is 2.70. The van der Waals surface area contributed by atoms with Crippen LogP contribution in [0.2, 0.25) is 0 Å². The summed E-state index contributed by atoms with van der Waals surface area (Å²) in [5, 5.41) is 3.53. The summed E-state index contributed by atoms with van der Waals surface area (Å²) in [6.07, 6.45) is 4.75. The molecule has 19 heavy (non-hydrogen) atoms. The Bertz CT molecular complexity index is 527. The van der Waals surface area contributed by atoms with Crippen LogP contribution in [0.15, 0.2) is 48.8 Å². The Kier molecular flexibility index (Phi) is 3.75. The Morgan fingerprint density at radius 2 is 2.00 bits per heavy atom. The lowest BCUT2D eigenvalue weighted by Crippen LogP contribution is -2.25. The Morgan fingerprint density at radius 1 is 1.16 bits per heavy atom. The molecule has 3 rings (SSSR count). The number of pyridine rings is 1. The first-order valence-corrected chi connectivity index (χ1v) is 6.75. The van der Waals surface area contributed by atoms with E-state index in [0.29, 0.717) is 5.92 Å². The molecule has 0 aliphatic carbocycles. The number of nitrogens with zero attached hydrogens (tertiary/aromatic N) is 1. The molecule has 98 valence electrons. The molecule has 3 heteroatoms. The van der Waals surface area contributed by atoms with Crippen LogP contribution in [0.1, 0.15) is 23.5 Å². The molecule has 0 radical (unpaired) electrons. The number of hydrogen-bond acceptors (Lipinski definition) is 3. The highest BCUT2D eigenvalue weighted by Gasteiger charge is 2.20. The van der Waals surface area contributed by atoms with Crippen molar-refractivity contribution >= 4 is 0 Å². The molecule has 0 saturated heterocycles. The fourth-order valence-electron chi connectivity index (χ4n) is 2.52. The van der Waals surface area contributed by atoms with Crippen LogP contribution in [0.25, 0.3) is 0 Å². The second-order valence-corrected chi connectivity index (χ2v) is 4.86. The molecule has 0 bridgehead atoms. The highest BCUT2D eigenvalue weighted by atomic mass is 16.5. The van der Waals surface area contributed by atoms with E-state index in [-0.39, 0.29) is 0 Å². The van der Waals surface area contributed by atoms with Crippen LogP contribution >= 0.6 is 0 Å². The number of aromatic nitrogens is 1. The molecule has 1 atom stereocenters. The minimum absolute atomic E-state index is 0.548. The van der Waals surface area contributed by atoms with Gasteiger partial charge in [-0.25, -0.2) is 0 Å². The molecule has 1 N–H and O–H groups in total. The molecule has 0 fully saturated rings. The molecule has 3 nitrogen and oxygen atoms in total. The van der Waals surface area contributed by atoms with Crippen molar-refractivity contribution in [3.63, 3.8) is 0 Å². The predicted octanol–water partition coefficient (Wildman–Crippen LogP) is 2.74. The maximum atomic E-state index is 5.68. The van der Waals surface area contributed by atoms with Crippen molar-refractivity contribution in [1.82, 2.24) is 10.3 Å². The van der Waals surface area contributed by atoms with Crippen molar-refractivity contribution in [2.75, 3.05) is 13.2 Å². The summed E-state index contributed by atoms with van der Waals surface area (Å²) < 4.78 is 5.68. The molecule has 1 aliphatic rings. The quantitative estimate of drug-likeness (QED) is 0.911. The summed E-state index contributed by atoms with van der Waals surface area (Å²) in [5.74, 6) is 1.59. The maximum absolute atomic E-state index is 5.68. The number of nitrogens with one attached hydrogen (secondary N) is 1. The van der Waals surface area contributed by atoms with Crippen molar-refractivity contribution < 1.29 is 4.74 Å². The van der Waals surface area contributed by atoms with Crippen molar-refractivity contribution in [2.24, 2.45) is 0 Å². The molecule has 1 aliphatic heterocycles. The van der Waals surface area contributed by atoms with Crippen molar-refractivity contribution in [3.8, 4) is 5.75 Å². The summed E-state index contributed by atoms with van der Waals surface area (Å²) >= 11 is 0. The van der Waals surface area contributed by atoms with E-state index in [1.165, 1.54) is 11.1 Å². The first-order chi connectivity index (χ1) is 9.43. The molecule has 0 amide bonds.